The summed E-state index contributed by atoms with van der Waals surface area (Å²) in [6, 6.07) is 12.6. The summed E-state index contributed by atoms with van der Waals surface area (Å²) in [7, 11) is 0. The maximum absolute atomic E-state index is 13.0. The molecule has 0 fully saturated rings. The first-order valence-electron chi connectivity index (χ1n) is 9.83. The molecule has 2 aromatic carbocycles. The zero-order chi connectivity index (χ0) is 22.4. The highest BCUT2D eigenvalue weighted by molar-refractivity contribution is 6.35. The fourth-order valence-corrected chi connectivity index (χ4v) is 4.70. The van der Waals surface area contributed by atoms with Crippen LogP contribution in [-0.4, -0.2) is 34.8 Å². The Morgan fingerprint density at radius 3 is 2.56 bits per heavy atom. The van der Waals surface area contributed by atoms with Gasteiger partial charge in [0.2, 0.25) is 5.91 Å². The second kappa shape index (κ2) is 8.28. The van der Waals surface area contributed by atoms with Gasteiger partial charge in [-0.2, -0.15) is 0 Å². The fourth-order valence-electron chi connectivity index (χ4n) is 3.92. The van der Waals surface area contributed by atoms with Gasteiger partial charge in [0.25, 0.3) is 5.91 Å². The second-order valence-electron chi connectivity index (χ2n) is 7.60. The van der Waals surface area contributed by atoms with E-state index in [1.54, 1.807) is 35.4 Å². The van der Waals surface area contributed by atoms with Crippen molar-refractivity contribution >= 4 is 52.4 Å². The highest BCUT2D eigenvalue weighted by atomic mass is 35.5. The number of amides is 2. The molecule has 0 atom stereocenters. The summed E-state index contributed by atoms with van der Waals surface area (Å²) in [4.78, 5) is 33.0. The van der Waals surface area contributed by atoms with Crippen LogP contribution >= 0.6 is 34.8 Å². The van der Waals surface area contributed by atoms with E-state index in [9.17, 15) is 9.59 Å². The van der Waals surface area contributed by atoms with Crippen molar-refractivity contribution in [2.24, 2.45) is 0 Å². The van der Waals surface area contributed by atoms with Crippen LogP contribution < -0.4 is 9.64 Å². The van der Waals surface area contributed by atoms with E-state index in [1.807, 2.05) is 18.2 Å². The molecule has 9 heteroatoms. The molecule has 2 amide bonds. The molecule has 5 rings (SSSR count). The third kappa shape index (κ3) is 3.90. The summed E-state index contributed by atoms with van der Waals surface area (Å²) in [6.45, 7) is 0.576. The Morgan fingerprint density at radius 1 is 1.03 bits per heavy atom. The molecule has 162 valence electrons. The molecule has 0 N–H and O–H groups in total. The summed E-state index contributed by atoms with van der Waals surface area (Å²) >= 11 is 18.5. The van der Waals surface area contributed by atoms with Gasteiger partial charge in [-0.15, -0.1) is 0 Å². The van der Waals surface area contributed by atoms with Crippen molar-refractivity contribution in [2.75, 3.05) is 18.1 Å². The molecular weight excluding hydrogens is 473 g/mol. The number of aromatic nitrogens is 1. The summed E-state index contributed by atoms with van der Waals surface area (Å²) in [5.41, 5.74) is 3.47. The number of carbonyl (C=O) groups excluding carboxylic acids is 2. The lowest BCUT2D eigenvalue weighted by molar-refractivity contribution is -0.132. The maximum Gasteiger partial charge on any atom is 0.266 e. The monoisotopic (exact) mass is 487 g/mol. The predicted molar refractivity (Wildman–Crippen MR) is 123 cm³/mol. The van der Waals surface area contributed by atoms with E-state index in [1.165, 1.54) is 4.90 Å². The van der Waals surface area contributed by atoms with Crippen LogP contribution in [0.5, 0.6) is 5.75 Å². The van der Waals surface area contributed by atoms with Crippen LogP contribution in [0.3, 0.4) is 0 Å². The maximum atomic E-state index is 13.0. The number of benzene rings is 2. The number of rotatable bonds is 3. The van der Waals surface area contributed by atoms with E-state index in [4.69, 9.17) is 39.5 Å². The number of hydrogen-bond acceptors (Lipinski definition) is 4. The van der Waals surface area contributed by atoms with Crippen molar-refractivity contribution in [3.63, 3.8) is 0 Å². The quantitative estimate of drug-likeness (QED) is 0.522. The smallest absolute Gasteiger partial charge is 0.266 e. The van der Waals surface area contributed by atoms with Gasteiger partial charge < -0.3 is 9.64 Å². The predicted octanol–water partition coefficient (Wildman–Crippen LogP) is 4.98. The molecule has 0 saturated carbocycles. The number of nitrogens with zero attached hydrogens (tertiary/aromatic N) is 3. The molecule has 6 nitrogen and oxygen atoms in total. The number of pyridine rings is 1. The molecule has 0 spiro atoms. The van der Waals surface area contributed by atoms with Crippen LogP contribution in [0, 0.1) is 0 Å². The first-order chi connectivity index (χ1) is 15.4. The normalized spacial score (nSPS) is 14.8. The topological polar surface area (TPSA) is 62.7 Å². The van der Waals surface area contributed by atoms with Gasteiger partial charge in [-0.05, 0) is 47.0 Å². The van der Waals surface area contributed by atoms with Crippen molar-refractivity contribution in [3.05, 3.63) is 74.9 Å². The van der Waals surface area contributed by atoms with E-state index in [0.717, 1.165) is 22.3 Å². The fraction of sp³-hybridized carbons (Fsp3) is 0.174. The van der Waals surface area contributed by atoms with Crippen LogP contribution in [0.2, 0.25) is 15.1 Å². The zero-order valence-electron chi connectivity index (χ0n) is 16.6. The summed E-state index contributed by atoms with van der Waals surface area (Å²) in [5.74, 6) is 0.206. The average molecular weight is 489 g/mol. The van der Waals surface area contributed by atoms with Gasteiger partial charge in [-0.25, -0.2) is 4.98 Å². The van der Waals surface area contributed by atoms with Crippen LogP contribution in [-0.2, 0) is 22.7 Å². The average Bonchev–Trinajstić information content (AvgIpc) is 3.21. The highest BCUT2D eigenvalue weighted by Crippen LogP contribution is 2.36. The van der Waals surface area contributed by atoms with Gasteiger partial charge in [-0.3, -0.25) is 14.5 Å². The molecule has 3 heterocycles. The summed E-state index contributed by atoms with van der Waals surface area (Å²) in [6.07, 6.45) is 1.60. The van der Waals surface area contributed by atoms with Crippen molar-refractivity contribution in [2.45, 2.75) is 13.1 Å². The molecule has 0 unspecified atom stereocenters. The van der Waals surface area contributed by atoms with Gasteiger partial charge in [-0.1, -0.05) is 46.9 Å². The van der Waals surface area contributed by atoms with Crippen molar-refractivity contribution in [1.82, 2.24) is 9.88 Å². The second-order valence-corrected chi connectivity index (χ2v) is 8.88. The Bertz CT molecular complexity index is 1240. The number of halogens is 3. The SMILES string of the molecule is O=C(CN1C(=O)COc2cc(-c3cc(Cl)cc(Cl)c3)cnc21)N1Cc2cccc(Cl)c2C1. The van der Waals surface area contributed by atoms with E-state index in [0.29, 0.717) is 39.7 Å². The molecular formula is C23H16Cl3N3O3. The number of carbonyl (C=O) groups is 2. The molecule has 2 aliphatic rings. The Labute approximate surface area is 199 Å². The van der Waals surface area contributed by atoms with Crippen LogP contribution in [0.25, 0.3) is 11.1 Å². The lowest BCUT2D eigenvalue weighted by Gasteiger charge is -2.29. The molecule has 3 aromatic rings. The Hall–Kier alpha value is -2.80. The molecule has 0 bridgehead atoms. The van der Waals surface area contributed by atoms with E-state index >= 15 is 0 Å². The molecule has 0 saturated heterocycles. The van der Waals surface area contributed by atoms with Crippen LogP contribution in [0.4, 0.5) is 5.82 Å². The number of fused-ring (bicyclic) bond motifs is 2. The van der Waals surface area contributed by atoms with Crippen molar-refractivity contribution in [3.8, 4) is 16.9 Å². The zero-order valence-corrected chi connectivity index (χ0v) is 18.9. The summed E-state index contributed by atoms with van der Waals surface area (Å²) in [5, 5.41) is 1.64. The number of anilines is 1. The van der Waals surface area contributed by atoms with Gasteiger partial charge in [0.15, 0.2) is 18.2 Å². The number of hydrogen-bond donors (Lipinski definition) is 0. The lowest BCUT2D eigenvalue weighted by Crippen LogP contribution is -2.45. The Balaban J connectivity index is 1.39. The Kier molecular flexibility index (Phi) is 5.45. The minimum Gasteiger partial charge on any atom is -0.480 e. The largest absolute Gasteiger partial charge is 0.480 e. The molecule has 1 aromatic heterocycles. The third-order valence-electron chi connectivity index (χ3n) is 5.51. The van der Waals surface area contributed by atoms with Gasteiger partial charge in [0.1, 0.15) is 6.54 Å². The summed E-state index contributed by atoms with van der Waals surface area (Å²) < 4.78 is 5.60. The van der Waals surface area contributed by atoms with Gasteiger partial charge in [0, 0.05) is 39.9 Å². The molecule has 2 aliphatic heterocycles. The first kappa shape index (κ1) is 21.1. The minimum atomic E-state index is -0.327. The standard InChI is InChI=1S/C23H16Cl3N3O3/c24-16-4-14(5-17(25)7-16)15-6-20-23(27-8-15)29(22(31)12-32-20)11-21(30)28-9-13-2-1-3-19(26)18(13)10-28/h1-8H,9-12H2. The van der Waals surface area contributed by atoms with E-state index in [-0.39, 0.29) is 25.0 Å². The van der Waals surface area contributed by atoms with E-state index in [2.05, 4.69) is 4.98 Å². The molecule has 32 heavy (non-hydrogen) atoms. The lowest BCUT2D eigenvalue weighted by atomic mass is 10.1. The van der Waals surface area contributed by atoms with Crippen molar-refractivity contribution in [1.29, 1.82) is 0 Å². The number of ether oxygens (including phenoxy) is 1. The minimum absolute atomic E-state index is 0.129. The van der Waals surface area contributed by atoms with Crippen molar-refractivity contribution < 1.29 is 14.3 Å². The molecule has 0 radical (unpaired) electrons. The first-order valence-corrected chi connectivity index (χ1v) is 11.0. The van der Waals surface area contributed by atoms with E-state index < -0.39 is 0 Å². The third-order valence-corrected chi connectivity index (χ3v) is 6.30. The Morgan fingerprint density at radius 2 is 1.81 bits per heavy atom. The van der Waals surface area contributed by atoms with Gasteiger partial charge >= 0.3 is 0 Å². The van der Waals surface area contributed by atoms with Crippen LogP contribution in [0.1, 0.15) is 11.1 Å². The highest BCUT2D eigenvalue weighted by Gasteiger charge is 2.32. The van der Waals surface area contributed by atoms with Gasteiger partial charge in [0.05, 0.1) is 0 Å². The molecule has 0 aliphatic carbocycles. The van der Waals surface area contributed by atoms with Crippen LogP contribution in [0.15, 0.2) is 48.7 Å².